The Morgan fingerprint density at radius 3 is 2.89 bits per heavy atom. The highest BCUT2D eigenvalue weighted by molar-refractivity contribution is 9.10. The van der Waals surface area contributed by atoms with Crippen molar-refractivity contribution >= 4 is 15.9 Å². The Hall–Kier alpha value is -0.410. The summed E-state index contributed by atoms with van der Waals surface area (Å²) >= 11 is 3.52. The van der Waals surface area contributed by atoms with Crippen LogP contribution >= 0.6 is 15.9 Å². The second-order valence-electron chi connectivity index (χ2n) is 5.84. The Kier molecular flexibility index (Phi) is 5.83. The summed E-state index contributed by atoms with van der Waals surface area (Å²) in [6.45, 7) is 2.30. The van der Waals surface area contributed by atoms with Crippen molar-refractivity contribution in [2.24, 2.45) is 11.8 Å². The summed E-state index contributed by atoms with van der Waals surface area (Å²) < 4.78 is 1.09. The molecule has 2 nitrogen and oxygen atoms in total. The highest BCUT2D eigenvalue weighted by atomic mass is 79.9. The first-order chi connectivity index (χ1) is 9.22. The summed E-state index contributed by atoms with van der Waals surface area (Å²) in [5.74, 6) is 1.69. The number of nitrogens with one attached hydrogen (secondary N) is 1. The van der Waals surface area contributed by atoms with Gasteiger partial charge >= 0.3 is 0 Å². The minimum Gasteiger partial charge on any atom is -0.317 e. The molecule has 0 spiro atoms. The smallest absolute Gasteiger partial charge is 0.0410 e. The molecule has 3 atom stereocenters. The third-order valence-electron chi connectivity index (χ3n) is 4.42. The first-order valence-electron chi connectivity index (χ1n) is 7.49. The summed E-state index contributed by atoms with van der Waals surface area (Å²) in [5.41, 5.74) is 1.36. The van der Waals surface area contributed by atoms with Gasteiger partial charge in [0.15, 0.2) is 0 Å². The van der Waals surface area contributed by atoms with E-state index in [1.54, 1.807) is 0 Å². The van der Waals surface area contributed by atoms with Gasteiger partial charge in [0.25, 0.3) is 0 Å². The van der Waals surface area contributed by atoms with Crippen molar-refractivity contribution in [3.63, 3.8) is 0 Å². The number of aromatic nitrogens is 1. The maximum absolute atomic E-state index is 4.29. The summed E-state index contributed by atoms with van der Waals surface area (Å²) in [6, 6.07) is 2.88. The summed E-state index contributed by atoms with van der Waals surface area (Å²) in [7, 11) is 2.11. The molecule has 0 saturated heterocycles. The van der Waals surface area contributed by atoms with Crippen LogP contribution in [0.4, 0.5) is 0 Å². The Balaban J connectivity index is 2.01. The third kappa shape index (κ3) is 4.28. The van der Waals surface area contributed by atoms with E-state index in [1.807, 2.05) is 12.4 Å². The van der Waals surface area contributed by atoms with Crippen LogP contribution in [0.1, 0.15) is 44.6 Å². The van der Waals surface area contributed by atoms with E-state index in [0.717, 1.165) is 22.7 Å². The lowest BCUT2D eigenvalue weighted by Gasteiger charge is -2.36. The molecule has 1 aromatic heterocycles. The Labute approximate surface area is 125 Å². The van der Waals surface area contributed by atoms with Crippen molar-refractivity contribution in [2.45, 2.75) is 51.5 Å². The molecular weight excluding hydrogens is 300 g/mol. The highest BCUT2D eigenvalue weighted by Gasteiger charge is 2.29. The standard InChI is InChI=1S/C16H25BrN2/c1-3-4-12-5-6-16(18-2)14(7-12)8-13-9-15(17)11-19-10-13/h9-12,14,16,18H,3-8H2,1-2H3. The second-order valence-corrected chi connectivity index (χ2v) is 6.75. The molecule has 3 heteroatoms. The van der Waals surface area contributed by atoms with Gasteiger partial charge in [0.2, 0.25) is 0 Å². The zero-order valence-corrected chi connectivity index (χ0v) is 13.6. The van der Waals surface area contributed by atoms with Crippen LogP contribution in [0.3, 0.4) is 0 Å². The molecule has 0 aromatic carbocycles. The van der Waals surface area contributed by atoms with Crippen molar-refractivity contribution in [3.8, 4) is 0 Å². The molecule has 3 unspecified atom stereocenters. The van der Waals surface area contributed by atoms with E-state index in [1.165, 1.54) is 37.7 Å². The van der Waals surface area contributed by atoms with Gasteiger partial charge in [-0.25, -0.2) is 0 Å². The lowest BCUT2D eigenvalue weighted by atomic mass is 9.74. The molecule has 1 aromatic rings. The minimum absolute atomic E-state index is 0.673. The molecule has 1 N–H and O–H groups in total. The molecule has 19 heavy (non-hydrogen) atoms. The first kappa shape index (κ1) is 15.0. The van der Waals surface area contributed by atoms with Gasteiger partial charge < -0.3 is 5.32 Å². The Morgan fingerprint density at radius 1 is 1.37 bits per heavy atom. The molecule has 0 bridgehead atoms. The lowest BCUT2D eigenvalue weighted by Crippen LogP contribution is -2.39. The van der Waals surface area contributed by atoms with Crippen molar-refractivity contribution < 1.29 is 0 Å². The average Bonchev–Trinajstić information content (AvgIpc) is 2.39. The maximum Gasteiger partial charge on any atom is 0.0410 e. The molecule has 106 valence electrons. The predicted molar refractivity (Wildman–Crippen MR) is 84.2 cm³/mol. The molecule has 1 aliphatic carbocycles. The zero-order valence-electron chi connectivity index (χ0n) is 12.0. The van der Waals surface area contributed by atoms with Crippen molar-refractivity contribution in [2.75, 3.05) is 7.05 Å². The van der Waals surface area contributed by atoms with Gasteiger partial charge in [0.1, 0.15) is 0 Å². The first-order valence-corrected chi connectivity index (χ1v) is 8.29. The molecule has 0 amide bonds. The number of halogens is 1. The fourth-order valence-electron chi connectivity index (χ4n) is 3.51. The largest absolute Gasteiger partial charge is 0.317 e. The normalized spacial score (nSPS) is 27.4. The van der Waals surface area contributed by atoms with Gasteiger partial charge in [-0.15, -0.1) is 0 Å². The van der Waals surface area contributed by atoms with Crippen LogP contribution in [0.25, 0.3) is 0 Å². The van der Waals surface area contributed by atoms with Crippen LogP contribution in [0.5, 0.6) is 0 Å². The number of rotatable bonds is 5. The Morgan fingerprint density at radius 2 is 2.21 bits per heavy atom. The maximum atomic E-state index is 4.29. The summed E-state index contributed by atoms with van der Waals surface area (Å²) in [5, 5.41) is 3.52. The quantitative estimate of drug-likeness (QED) is 0.878. The number of nitrogens with zero attached hydrogens (tertiary/aromatic N) is 1. The number of hydrogen-bond acceptors (Lipinski definition) is 2. The molecule has 1 saturated carbocycles. The second kappa shape index (κ2) is 7.39. The van der Waals surface area contributed by atoms with Crippen LogP contribution in [-0.2, 0) is 6.42 Å². The van der Waals surface area contributed by atoms with Gasteiger partial charge in [0, 0.05) is 22.9 Å². The number of pyridine rings is 1. The third-order valence-corrected chi connectivity index (χ3v) is 4.85. The van der Waals surface area contributed by atoms with Crippen molar-refractivity contribution in [1.82, 2.24) is 10.3 Å². The summed E-state index contributed by atoms with van der Waals surface area (Å²) in [4.78, 5) is 4.29. The molecule has 1 heterocycles. The molecule has 0 radical (unpaired) electrons. The van der Waals surface area contributed by atoms with Crippen LogP contribution < -0.4 is 5.32 Å². The van der Waals surface area contributed by atoms with Crippen molar-refractivity contribution in [3.05, 3.63) is 28.5 Å². The lowest BCUT2D eigenvalue weighted by molar-refractivity contribution is 0.200. The van der Waals surface area contributed by atoms with E-state index in [9.17, 15) is 0 Å². The monoisotopic (exact) mass is 324 g/mol. The van der Waals surface area contributed by atoms with E-state index in [2.05, 4.69) is 46.3 Å². The molecule has 1 aliphatic rings. The van der Waals surface area contributed by atoms with E-state index in [-0.39, 0.29) is 0 Å². The van der Waals surface area contributed by atoms with Crippen LogP contribution in [0.15, 0.2) is 22.9 Å². The predicted octanol–water partition coefficient (Wildman–Crippen LogP) is 4.19. The van der Waals surface area contributed by atoms with E-state index < -0.39 is 0 Å². The molecule has 2 rings (SSSR count). The molecule has 1 fully saturated rings. The van der Waals surface area contributed by atoms with E-state index in [0.29, 0.717) is 6.04 Å². The van der Waals surface area contributed by atoms with Gasteiger partial charge in [0.05, 0.1) is 0 Å². The van der Waals surface area contributed by atoms with Crippen LogP contribution in [0, 0.1) is 11.8 Å². The van der Waals surface area contributed by atoms with Crippen LogP contribution in [0.2, 0.25) is 0 Å². The molecular formula is C16H25BrN2. The number of hydrogen-bond donors (Lipinski definition) is 1. The minimum atomic E-state index is 0.673. The van der Waals surface area contributed by atoms with Gasteiger partial charge in [-0.2, -0.15) is 0 Å². The summed E-state index contributed by atoms with van der Waals surface area (Å²) in [6.07, 6.45) is 11.8. The van der Waals surface area contributed by atoms with Crippen molar-refractivity contribution in [1.29, 1.82) is 0 Å². The zero-order chi connectivity index (χ0) is 13.7. The highest BCUT2D eigenvalue weighted by Crippen LogP contribution is 2.34. The average molecular weight is 325 g/mol. The fraction of sp³-hybridized carbons (Fsp3) is 0.688. The fourth-order valence-corrected chi connectivity index (χ4v) is 3.92. The SMILES string of the molecule is CCCC1CCC(NC)C(Cc2cncc(Br)c2)C1. The van der Waals surface area contributed by atoms with Gasteiger partial charge in [-0.05, 0) is 72.1 Å². The molecule has 0 aliphatic heterocycles. The van der Waals surface area contributed by atoms with E-state index >= 15 is 0 Å². The van der Waals surface area contributed by atoms with E-state index in [4.69, 9.17) is 0 Å². The van der Waals surface area contributed by atoms with Gasteiger partial charge in [-0.1, -0.05) is 19.8 Å². The topological polar surface area (TPSA) is 24.9 Å². The van der Waals surface area contributed by atoms with Crippen LogP contribution in [-0.4, -0.2) is 18.1 Å². The van der Waals surface area contributed by atoms with Gasteiger partial charge in [-0.3, -0.25) is 4.98 Å². The Bertz CT molecular complexity index is 394.